The van der Waals surface area contributed by atoms with E-state index in [9.17, 15) is 9.59 Å². The lowest BCUT2D eigenvalue weighted by molar-refractivity contribution is 0.0512. The van der Waals surface area contributed by atoms with Crippen molar-refractivity contribution in [2.75, 3.05) is 20.3 Å². The smallest absolute Gasteiger partial charge is 0.359 e. The first-order valence-corrected chi connectivity index (χ1v) is 10.3. The minimum atomic E-state index is -0.568. The van der Waals surface area contributed by atoms with Gasteiger partial charge in [-0.15, -0.1) is 11.3 Å². The fourth-order valence-corrected chi connectivity index (χ4v) is 3.72. The van der Waals surface area contributed by atoms with Crippen molar-refractivity contribution in [2.24, 2.45) is 0 Å². The van der Waals surface area contributed by atoms with E-state index in [2.05, 4.69) is 10.1 Å². The van der Waals surface area contributed by atoms with Gasteiger partial charge in [-0.25, -0.2) is 14.6 Å². The van der Waals surface area contributed by atoms with Gasteiger partial charge in [-0.05, 0) is 38.5 Å². The summed E-state index contributed by atoms with van der Waals surface area (Å²) in [5.74, 6) is -0.290. The Bertz CT molecular complexity index is 1040. The third kappa shape index (κ3) is 4.68. The maximum atomic E-state index is 12.5. The Morgan fingerprint density at radius 3 is 2.37 bits per heavy atom. The Morgan fingerprint density at radius 2 is 1.73 bits per heavy atom. The SMILES string of the molecule is CCOC(=O)c1nn(Cc2ccc(OC)cc2)cc1-c1nc(C)sc1C(=O)OCC. The van der Waals surface area contributed by atoms with Crippen molar-refractivity contribution < 1.29 is 23.8 Å². The molecule has 9 heteroatoms. The molecule has 0 fully saturated rings. The Morgan fingerprint density at radius 1 is 1.07 bits per heavy atom. The Kier molecular flexibility index (Phi) is 6.83. The van der Waals surface area contributed by atoms with Crippen LogP contribution in [0.2, 0.25) is 0 Å². The van der Waals surface area contributed by atoms with Crippen molar-refractivity contribution in [3.8, 4) is 17.0 Å². The second-order valence-electron chi connectivity index (χ2n) is 6.29. The number of nitrogens with zero attached hydrogens (tertiary/aromatic N) is 3. The van der Waals surface area contributed by atoms with Crippen molar-refractivity contribution in [1.29, 1.82) is 0 Å². The number of carbonyl (C=O) groups excluding carboxylic acids is 2. The van der Waals surface area contributed by atoms with Gasteiger partial charge in [0.15, 0.2) is 5.69 Å². The number of ether oxygens (including phenoxy) is 3. The lowest BCUT2D eigenvalue weighted by Crippen LogP contribution is -2.09. The van der Waals surface area contributed by atoms with Crippen molar-refractivity contribution >= 4 is 23.3 Å². The number of aryl methyl sites for hydroxylation is 1. The zero-order valence-electron chi connectivity index (χ0n) is 17.3. The molecule has 0 aliphatic rings. The minimum absolute atomic E-state index is 0.112. The van der Waals surface area contributed by atoms with Crippen molar-refractivity contribution in [3.05, 3.63) is 51.6 Å². The molecule has 3 aromatic rings. The number of carbonyl (C=O) groups is 2. The van der Waals surface area contributed by atoms with Gasteiger partial charge in [0.05, 0.1) is 37.4 Å². The second kappa shape index (κ2) is 9.53. The largest absolute Gasteiger partial charge is 0.497 e. The molecule has 3 rings (SSSR count). The topological polar surface area (TPSA) is 92.5 Å². The number of hydrogen-bond donors (Lipinski definition) is 0. The van der Waals surface area contributed by atoms with E-state index in [1.165, 1.54) is 11.3 Å². The van der Waals surface area contributed by atoms with E-state index in [4.69, 9.17) is 14.2 Å². The van der Waals surface area contributed by atoms with E-state index in [1.54, 1.807) is 38.8 Å². The molecule has 8 nitrogen and oxygen atoms in total. The molecule has 2 heterocycles. The van der Waals surface area contributed by atoms with Crippen LogP contribution in [0.3, 0.4) is 0 Å². The Labute approximate surface area is 178 Å². The van der Waals surface area contributed by atoms with E-state index < -0.39 is 11.9 Å². The lowest BCUT2D eigenvalue weighted by atomic mass is 10.1. The van der Waals surface area contributed by atoms with Gasteiger partial charge in [0.1, 0.15) is 16.3 Å². The maximum absolute atomic E-state index is 12.5. The number of hydrogen-bond acceptors (Lipinski definition) is 8. The summed E-state index contributed by atoms with van der Waals surface area (Å²) in [5, 5.41) is 5.11. The predicted molar refractivity (Wildman–Crippen MR) is 112 cm³/mol. The molecular weight excluding hydrogens is 406 g/mol. The summed E-state index contributed by atoms with van der Waals surface area (Å²) in [6.45, 7) is 6.14. The summed E-state index contributed by atoms with van der Waals surface area (Å²) in [5.41, 5.74) is 1.90. The van der Waals surface area contributed by atoms with Crippen molar-refractivity contribution in [2.45, 2.75) is 27.3 Å². The monoisotopic (exact) mass is 429 g/mol. The molecule has 1 aromatic carbocycles. The molecule has 0 atom stereocenters. The summed E-state index contributed by atoms with van der Waals surface area (Å²) in [4.78, 5) is 29.8. The first-order valence-electron chi connectivity index (χ1n) is 9.49. The second-order valence-corrected chi connectivity index (χ2v) is 7.49. The van der Waals surface area contributed by atoms with Crippen LogP contribution in [-0.2, 0) is 16.0 Å². The molecule has 0 saturated heterocycles. The van der Waals surface area contributed by atoms with Gasteiger partial charge in [-0.3, -0.25) is 4.68 Å². The number of benzene rings is 1. The maximum Gasteiger partial charge on any atom is 0.359 e. The van der Waals surface area contributed by atoms with Crippen LogP contribution in [0, 0.1) is 6.92 Å². The van der Waals surface area contributed by atoms with Crippen LogP contribution >= 0.6 is 11.3 Å². The van der Waals surface area contributed by atoms with Gasteiger partial charge in [-0.2, -0.15) is 5.10 Å². The molecule has 0 radical (unpaired) electrons. The van der Waals surface area contributed by atoms with Gasteiger partial charge in [0, 0.05) is 6.20 Å². The molecule has 0 N–H and O–H groups in total. The molecule has 0 spiro atoms. The zero-order valence-corrected chi connectivity index (χ0v) is 18.1. The number of aromatic nitrogens is 3. The average Bonchev–Trinajstić information content (AvgIpc) is 3.32. The van der Waals surface area contributed by atoms with Crippen LogP contribution in [0.15, 0.2) is 30.5 Å². The molecular formula is C21H23N3O5S. The fraction of sp³-hybridized carbons (Fsp3) is 0.333. The summed E-state index contributed by atoms with van der Waals surface area (Å²) in [6, 6.07) is 7.55. The van der Waals surface area contributed by atoms with Gasteiger partial charge in [0.2, 0.25) is 0 Å². The summed E-state index contributed by atoms with van der Waals surface area (Å²) < 4.78 is 17.1. The minimum Gasteiger partial charge on any atom is -0.497 e. The van der Waals surface area contributed by atoms with Crippen LogP contribution < -0.4 is 4.74 Å². The van der Waals surface area contributed by atoms with Crippen molar-refractivity contribution in [1.82, 2.24) is 14.8 Å². The molecule has 0 aliphatic carbocycles. The third-order valence-electron chi connectivity index (χ3n) is 4.18. The highest BCUT2D eigenvalue weighted by Crippen LogP contribution is 2.31. The van der Waals surface area contributed by atoms with Crippen LogP contribution in [0.25, 0.3) is 11.3 Å². The number of thiazole rings is 1. The van der Waals surface area contributed by atoms with E-state index >= 15 is 0 Å². The summed E-state index contributed by atoms with van der Waals surface area (Å²) >= 11 is 1.22. The zero-order chi connectivity index (χ0) is 21.7. The molecule has 30 heavy (non-hydrogen) atoms. The van der Waals surface area contributed by atoms with Crippen LogP contribution in [0.1, 0.15) is 44.6 Å². The third-order valence-corrected chi connectivity index (χ3v) is 5.13. The van der Waals surface area contributed by atoms with E-state index in [0.29, 0.717) is 27.7 Å². The first kappa shape index (κ1) is 21.5. The number of esters is 2. The molecule has 158 valence electrons. The standard InChI is InChI=1S/C21H23N3O5S/c1-5-28-20(25)18-16(17-19(21(26)29-6-2)30-13(3)22-17)12-24(23-18)11-14-7-9-15(27-4)10-8-14/h7-10,12H,5-6,11H2,1-4H3. The summed E-state index contributed by atoms with van der Waals surface area (Å²) in [7, 11) is 1.61. The Balaban J connectivity index is 2.03. The average molecular weight is 429 g/mol. The molecule has 0 saturated carbocycles. The quantitative estimate of drug-likeness (QED) is 0.504. The highest BCUT2D eigenvalue weighted by molar-refractivity contribution is 7.14. The molecule has 0 amide bonds. The first-order chi connectivity index (χ1) is 14.5. The van der Waals surface area contributed by atoms with Crippen LogP contribution in [-0.4, -0.2) is 47.0 Å². The van der Waals surface area contributed by atoms with Gasteiger partial charge in [-0.1, -0.05) is 12.1 Å². The summed E-state index contributed by atoms with van der Waals surface area (Å²) in [6.07, 6.45) is 1.70. The lowest BCUT2D eigenvalue weighted by Gasteiger charge is -2.03. The van der Waals surface area contributed by atoms with Crippen LogP contribution in [0.5, 0.6) is 5.75 Å². The predicted octanol–water partition coefficient (Wildman–Crippen LogP) is 3.73. The van der Waals surface area contributed by atoms with E-state index in [1.807, 2.05) is 24.3 Å². The molecule has 0 aliphatic heterocycles. The highest BCUT2D eigenvalue weighted by atomic mass is 32.1. The van der Waals surface area contributed by atoms with Crippen molar-refractivity contribution in [3.63, 3.8) is 0 Å². The normalized spacial score (nSPS) is 10.7. The fourth-order valence-electron chi connectivity index (χ4n) is 2.89. The molecule has 0 bridgehead atoms. The van der Waals surface area contributed by atoms with E-state index in [0.717, 1.165) is 11.3 Å². The Hall–Kier alpha value is -3.20. The van der Waals surface area contributed by atoms with Gasteiger partial charge >= 0.3 is 11.9 Å². The van der Waals surface area contributed by atoms with Crippen LogP contribution in [0.4, 0.5) is 0 Å². The van der Waals surface area contributed by atoms with Gasteiger partial charge < -0.3 is 14.2 Å². The number of methoxy groups -OCH3 is 1. The van der Waals surface area contributed by atoms with Gasteiger partial charge in [0.25, 0.3) is 0 Å². The number of rotatable bonds is 8. The molecule has 0 unspecified atom stereocenters. The molecule has 2 aromatic heterocycles. The van der Waals surface area contributed by atoms with E-state index in [-0.39, 0.29) is 18.9 Å². The highest BCUT2D eigenvalue weighted by Gasteiger charge is 2.27.